The number of esters is 1. The van der Waals surface area contributed by atoms with Crippen molar-refractivity contribution in [3.8, 4) is 5.75 Å². The number of rotatable bonds is 10. The largest absolute Gasteiger partial charge is 0.461 e. The van der Waals surface area contributed by atoms with E-state index in [9.17, 15) is 19.6 Å². The molecule has 14 nitrogen and oxygen atoms in total. The summed E-state index contributed by atoms with van der Waals surface area (Å²) in [6, 6.07) is 5.01. The van der Waals surface area contributed by atoms with Gasteiger partial charge in [-0.25, -0.2) is 19.5 Å². The Bertz CT molecular complexity index is 1440. The van der Waals surface area contributed by atoms with Gasteiger partial charge in [0, 0.05) is 5.02 Å². The lowest BCUT2D eigenvalue weighted by Gasteiger charge is -2.29. The van der Waals surface area contributed by atoms with Gasteiger partial charge in [-0.15, -0.1) is 0 Å². The van der Waals surface area contributed by atoms with Crippen LogP contribution in [0.4, 0.5) is 5.82 Å². The van der Waals surface area contributed by atoms with Gasteiger partial charge in [0.15, 0.2) is 17.7 Å². The van der Waals surface area contributed by atoms with Crippen LogP contribution in [0.25, 0.3) is 11.2 Å². The number of benzene rings is 1. The third-order valence-electron chi connectivity index (χ3n) is 7.28. The molecule has 2 aliphatic rings. The quantitative estimate of drug-likeness (QED) is 0.190. The van der Waals surface area contributed by atoms with E-state index in [1.165, 1.54) is 43.2 Å². The van der Waals surface area contributed by atoms with Crippen molar-refractivity contribution in [1.29, 1.82) is 0 Å². The van der Waals surface area contributed by atoms with Crippen LogP contribution in [-0.4, -0.2) is 72.3 Å². The van der Waals surface area contributed by atoms with Crippen molar-refractivity contribution < 1.29 is 38.1 Å². The Kier molecular flexibility index (Phi) is 9.33. The Morgan fingerprint density at radius 3 is 2.57 bits per heavy atom. The smallest absolute Gasteiger partial charge is 0.459 e. The number of halogens is 1. The summed E-state index contributed by atoms with van der Waals surface area (Å²) in [4.78, 5) is 25.1. The molecule has 1 saturated carbocycles. The van der Waals surface area contributed by atoms with Crippen LogP contribution in [0, 0.1) is 0 Å². The summed E-state index contributed by atoms with van der Waals surface area (Å²) in [6.45, 7) is 3.00. The number of nitrogens with zero attached hydrogens (tertiary/aromatic N) is 4. The third kappa shape index (κ3) is 6.70. The number of nitrogens with two attached hydrogens (primary N) is 1. The molecule has 1 aromatic carbocycles. The fourth-order valence-electron chi connectivity index (χ4n) is 5.09. The lowest BCUT2D eigenvalue weighted by Crippen LogP contribution is -2.41. The van der Waals surface area contributed by atoms with Crippen LogP contribution in [0.5, 0.6) is 5.75 Å². The minimum absolute atomic E-state index is 0.141. The molecule has 7 atom stereocenters. The van der Waals surface area contributed by atoms with Crippen LogP contribution in [0.1, 0.15) is 52.2 Å². The van der Waals surface area contributed by atoms with Crippen LogP contribution >= 0.6 is 19.3 Å². The number of fused-ring (bicyclic) bond motifs is 1. The van der Waals surface area contributed by atoms with Crippen molar-refractivity contribution in [1.82, 2.24) is 24.6 Å². The molecular weight excluding hydrogens is 591 g/mol. The molecule has 228 valence electrons. The minimum atomic E-state index is -4.32. The Hall–Kier alpha value is -2.84. The monoisotopic (exact) mass is 624 g/mol. The number of hydrogen-bond donors (Lipinski definition) is 4. The van der Waals surface area contributed by atoms with Crippen molar-refractivity contribution in [2.24, 2.45) is 0 Å². The number of nitrogen functional groups attached to an aromatic ring is 1. The van der Waals surface area contributed by atoms with E-state index in [1.54, 1.807) is 12.1 Å². The lowest BCUT2D eigenvalue weighted by molar-refractivity contribution is -0.152. The zero-order valence-corrected chi connectivity index (χ0v) is 24.7. The van der Waals surface area contributed by atoms with Gasteiger partial charge < -0.3 is 29.9 Å². The normalized spacial score (nSPS) is 26.0. The topological polar surface area (TPSA) is 193 Å². The zero-order chi connectivity index (χ0) is 30.0. The molecule has 0 spiro atoms. The van der Waals surface area contributed by atoms with E-state index in [4.69, 9.17) is 35.9 Å². The summed E-state index contributed by atoms with van der Waals surface area (Å²) < 4.78 is 38.8. The van der Waals surface area contributed by atoms with Crippen molar-refractivity contribution in [2.75, 3.05) is 5.73 Å². The van der Waals surface area contributed by atoms with Gasteiger partial charge >= 0.3 is 13.7 Å². The fourth-order valence-corrected chi connectivity index (χ4v) is 6.91. The molecule has 42 heavy (non-hydrogen) atoms. The SMILES string of the molecule is CC(NP(=O)(Oc1ccc(Cl)cc1)OC(C)C1OC(n2cnc3c(N)ncnc32)[C@H](O)[C@@H]1O)C(=O)OC1CCCCC1. The van der Waals surface area contributed by atoms with E-state index in [1.807, 2.05) is 0 Å². The number of carbonyl (C=O) groups excluding carboxylic acids is 1. The van der Waals surface area contributed by atoms with Crippen LogP contribution in [0.15, 0.2) is 36.9 Å². The number of aromatic nitrogens is 4. The second-order valence-corrected chi connectivity index (χ2v) is 12.5. The predicted molar refractivity (Wildman–Crippen MR) is 151 cm³/mol. The number of aliphatic hydroxyl groups is 2. The van der Waals surface area contributed by atoms with E-state index in [0.717, 1.165) is 32.1 Å². The molecular formula is C26H34ClN6O8P. The number of ether oxygens (including phenoxy) is 2. The maximum absolute atomic E-state index is 14.1. The highest BCUT2D eigenvalue weighted by molar-refractivity contribution is 7.52. The van der Waals surface area contributed by atoms with Crippen molar-refractivity contribution in [3.63, 3.8) is 0 Å². The second-order valence-electron chi connectivity index (χ2n) is 10.5. The highest BCUT2D eigenvalue weighted by atomic mass is 35.5. The Morgan fingerprint density at radius 1 is 1.14 bits per heavy atom. The van der Waals surface area contributed by atoms with Gasteiger partial charge in [0.05, 0.1) is 12.4 Å². The highest BCUT2D eigenvalue weighted by Gasteiger charge is 2.49. The highest BCUT2D eigenvalue weighted by Crippen LogP contribution is 2.48. The van der Waals surface area contributed by atoms with Gasteiger partial charge in [-0.1, -0.05) is 18.0 Å². The van der Waals surface area contributed by atoms with Crippen LogP contribution in [0.3, 0.4) is 0 Å². The first-order valence-electron chi connectivity index (χ1n) is 13.7. The molecule has 16 heteroatoms. The molecule has 3 aromatic rings. The molecule has 0 amide bonds. The number of nitrogens with one attached hydrogen (secondary N) is 1. The van der Waals surface area contributed by atoms with Crippen LogP contribution < -0.4 is 15.3 Å². The molecule has 2 fully saturated rings. The molecule has 5 unspecified atom stereocenters. The van der Waals surface area contributed by atoms with Crippen LogP contribution in [-0.2, 0) is 23.4 Å². The molecule has 1 saturated heterocycles. The first kappa shape index (κ1) is 30.6. The number of aliphatic hydroxyl groups excluding tert-OH is 2. The average Bonchev–Trinajstić information content (AvgIpc) is 3.52. The Labute approximate surface area is 247 Å². The summed E-state index contributed by atoms with van der Waals surface area (Å²) in [7, 11) is -4.32. The summed E-state index contributed by atoms with van der Waals surface area (Å²) in [5, 5.41) is 24.9. The van der Waals surface area contributed by atoms with Gasteiger partial charge in [0.1, 0.15) is 48.1 Å². The van der Waals surface area contributed by atoms with Gasteiger partial charge in [-0.2, -0.15) is 5.09 Å². The first-order valence-corrected chi connectivity index (χ1v) is 15.6. The maximum Gasteiger partial charge on any atom is 0.459 e. The van der Waals surface area contributed by atoms with Crippen molar-refractivity contribution in [2.45, 2.75) is 88.7 Å². The number of imidazole rings is 1. The second kappa shape index (κ2) is 12.8. The lowest BCUT2D eigenvalue weighted by atomic mass is 9.98. The fraction of sp³-hybridized carbons (Fsp3) is 0.538. The zero-order valence-electron chi connectivity index (χ0n) is 23.1. The first-order chi connectivity index (χ1) is 20.0. The summed E-state index contributed by atoms with van der Waals surface area (Å²) in [5.74, 6) is -0.301. The van der Waals surface area contributed by atoms with E-state index in [-0.39, 0.29) is 23.3 Å². The summed E-state index contributed by atoms with van der Waals surface area (Å²) in [5.41, 5.74) is 6.46. The predicted octanol–water partition coefficient (Wildman–Crippen LogP) is 3.13. The average molecular weight is 625 g/mol. The molecule has 1 aliphatic heterocycles. The van der Waals surface area contributed by atoms with Gasteiger partial charge in [0.25, 0.3) is 0 Å². The molecule has 1 aliphatic carbocycles. The molecule has 0 bridgehead atoms. The molecule has 3 heterocycles. The minimum Gasteiger partial charge on any atom is -0.461 e. The Morgan fingerprint density at radius 2 is 1.86 bits per heavy atom. The Balaban J connectivity index is 1.33. The third-order valence-corrected chi connectivity index (χ3v) is 9.30. The molecule has 0 radical (unpaired) electrons. The van der Waals surface area contributed by atoms with Gasteiger partial charge in [-0.05, 0) is 63.8 Å². The molecule has 2 aromatic heterocycles. The summed E-state index contributed by atoms with van der Waals surface area (Å²) >= 11 is 5.98. The summed E-state index contributed by atoms with van der Waals surface area (Å²) in [6.07, 6.45) is 0.714. The molecule has 5 N–H and O–H groups in total. The number of anilines is 1. The maximum atomic E-state index is 14.1. The van der Waals surface area contributed by atoms with Crippen molar-refractivity contribution in [3.05, 3.63) is 41.9 Å². The number of carbonyl (C=O) groups is 1. The van der Waals surface area contributed by atoms with E-state index < -0.39 is 50.4 Å². The van der Waals surface area contributed by atoms with E-state index in [0.29, 0.717) is 10.5 Å². The van der Waals surface area contributed by atoms with E-state index in [2.05, 4.69) is 20.0 Å². The van der Waals surface area contributed by atoms with E-state index >= 15 is 0 Å². The van der Waals surface area contributed by atoms with Crippen molar-refractivity contribution >= 4 is 42.3 Å². The number of hydrogen-bond acceptors (Lipinski definition) is 12. The van der Waals surface area contributed by atoms with Gasteiger partial charge in [0.2, 0.25) is 0 Å². The van der Waals surface area contributed by atoms with Gasteiger partial charge in [-0.3, -0.25) is 13.9 Å². The standard InChI is InChI=1S/C26H34ClN6O8P/c1-14(26(36)38-17-6-4-3-5-7-17)32-42(37,41-18-10-8-16(27)9-11-18)40-15(2)22-20(34)21(35)25(39-22)33-13-31-19-23(28)29-12-30-24(19)33/h8-15,17,20-22,25,34-35H,3-7H2,1-2H3,(H,32,37)(H2,28,29,30)/t14?,15?,20-,21+,22?,25?,42?/m0/s1. The molecule has 5 rings (SSSR count). The van der Waals surface area contributed by atoms with Crippen LogP contribution in [0.2, 0.25) is 5.02 Å².